The van der Waals surface area contributed by atoms with Crippen LogP contribution < -0.4 is 10.7 Å². The summed E-state index contributed by atoms with van der Waals surface area (Å²) in [6.07, 6.45) is 0. The SMILES string of the molecule is CC1=NNC(=O)NC1C. The zero-order valence-corrected chi connectivity index (χ0v) is 5.43. The second-order valence-electron chi connectivity index (χ2n) is 2.06. The molecule has 2 amide bonds. The maximum Gasteiger partial charge on any atom is 0.335 e. The van der Waals surface area contributed by atoms with Crippen LogP contribution in [0.3, 0.4) is 0 Å². The van der Waals surface area contributed by atoms with Gasteiger partial charge in [0, 0.05) is 0 Å². The standard InChI is InChI=1S/C5H9N3O/c1-3-4(2)7-8-5(9)6-3/h3H,1-2H3,(H2,6,8,9). The fraction of sp³-hybridized carbons (Fsp3) is 0.600. The van der Waals surface area contributed by atoms with Crippen LogP contribution in [-0.4, -0.2) is 17.8 Å². The number of hydrazone groups is 1. The van der Waals surface area contributed by atoms with Gasteiger partial charge in [-0.1, -0.05) is 0 Å². The van der Waals surface area contributed by atoms with E-state index in [0.29, 0.717) is 0 Å². The smallest absolute Gasteiger partial charge is 0.329 e. The first-order valence-corrected chi connectivity index (χ1v) is 2.81. The fourth-order valence-corrected chi connectivity index (χ4v) is 0.569. The first kappa shape index (κ1) is 6.07. The van der Waals surface area contributed by atoms with Crippen molar-refractivity contribution in [3.63, 3.8) is 0 Å². The van der Waals surface area contributed by atoms with Crippen molar-refractivity contribution in [1.82, 2.24) is 10.7 Å². The third-order valence-electron chi connectivity index (χ3n) is 1.31. The summed E-state index contributed by atoms with van der Waals surface area (Å²) in [5.74, 6) is 0. The Morgan fingerprint density at radius 2 is 2.33 bits per heavy atom. The molecule has 0 radical (unpaired) electrons. The Bertz CT molecular complexity index is 164. The van der Waals surface area contributed by atoms with Gasteiger partial charge >= 0.3 is 6.03 Å². The Labute approximate surface area is 53.3 Å². The molecule has 0 saturated carbocycles. The van der Waals surface area contributed by atoms with Crippen LogP contribution in [0.15, 0.2) is 5.10 Å². The number of hydrogen-bond donors (Lipinski definition) is 2. The van der Waals surface area contributed by atoms with E-state index >= 15 is 0 Å². The number of carbonyl (C=O) groups excluding carboxylic acids is 1. The molecule has 1 unspecified atom stereocenters. The first-order chi connectivity index (χ1) is 4.20. The summed E-state index contributed by atoms with van der Waals surface area (Å²) < 4.78 is 0. The van der Waals surface area contributed by atoms with Crippen LogP contribution >= 0.6 is 0 Å². The van der Waals surface area contributed by atoms with Crippen molar-refractivity contribution < 1.29 is 4.79 Å². The highest BCUT2D eigenvalue weighted by Crippen LogP contribution is 1.90. The van der Waals surface area contributed by atoms with Crippen molar-refractivity contribution in [3.8, 4) is 0 Å². The van der Waals surface area contributed by atoms with Gasteiger partial charge in [-0.15, -0.1) is 0 Å². The molecule has 4 nitrogen and oxygen atoms in total. The number of carbonyl (C=O) groups is 1. The normalized spacial score (nSPS) is 26.2. The molecule has 1 rings (SSSR count). The second-order valence-corrected chi connectivity index (χ2v) is 2.06. The van der Waals surface area contributed by atoms with E-state index in [-0.39, 0.29) is 12.1 Å². The summed E-state index contributed by atoms with van der Waals surface area (Å²) in [4.78, 5) is 10.5. The molecule has 0 saturated heterocycles. The molecule has 50 valence electrons. The van der Waals surface area contributed by atoms with Crippen LogP contribution in [0.25, 0.3) is 0 Å². The molecule has 2 N–H and O–H groups in total. The van der Waals surface area contributed by atoms with Gasteiger partial charge in [0.1, 0.15) is 0 Å². The lowest BCUT2D eigenvalue weighted by molar-refractivity contribution is 0.238. The van der Waals surface area contributed by atoms with Crippen LogP contribution in [-0.2, 0) is 0 Å². The van der Waals surface area contributed by atoms with Gasteiger partial charge in [-0.3, -0.25) is 0 Å². The Balaban J connectivity index is 2.67. The molecule has 0 fully saturated rings. The third kappa shape index (κ3) is 1.19. The zero-order valence-electron chi connectivity index (χ0n) is 5.43. The highest BCUT2D eigenvalue weighted by atomic mass is 16.2. The van der Waals surface area contributed by atoms with Crippen molar-refractivity contribution in [2.24, 2.45) is 5.10 Å². The van der Waals surface area contributed by atoms with Crippen molar-refractivity contribution in [3.05, 3.63) is 0 Å². The Kier molecular flexibility index (Phi) is 1.38. The molecule has 4 heteroatoms. The van der Waals surface area contributed by atoms with Crippen LogP contribution in [0.2, 0.25) is 0 Å². The number of rotatable bonds is 0. The highest BCUT2D eigenvalue weighted by Gasteiger charge is 2.13. The van der Waals surface area contributed by atoms with Crippen molar-refractivity contribution >= 4 is 11.7 Å². The second kappa shape index (κ2) is 2.05. The molecule has 0 spiro atoms. The maximum absolute atomic E-state index is 10.5. The van der Waals surface area contributed by atoms with Gasteiger partial charge in [0.2, 0.25) is 0 Å². The molecular weight excluding hydrogens is 118 g/mol. The first-order valence-electron chi connectivity index (χ1n) is 2.81. The summed E-state index contributed by atoms with van der Waals surface area (Å²) in [6, 6.07) is -0.160. The quantitative estimate of drug-likeness (QED) is 0.475. The Morgan fingerprint density at radius 1 is 1.67 bits per heavy atom. The van der Waals surface area contributed by atoms with Crippen LogP contribution in [0.5, 0.6) is 0 Å². The van der Waals surface area contributed by atoms with E-state index < -0.39 is 0 Å². The molecule has 0 aromatic carbocycles. The highest BCUT2D eigenvalue weighted by molar-refractivity contribution is 5.93. The van der Waals surface area contributed by atoms with Gasteiger partial charge < -0.3 is 5.32 Å². The van der Waals surface area contributed by atoms with E-state index in [1.165, 1.54) is 0 Å². The van der Waals surface area contributed by atoms with Crippen LogP contribution in [0.4, 0.5) is 4.79 Å². The van der Waals surface area contributed by atoms with E-state index in [2.05, 4.69) is 15.8 Å². The van der Waals surface area contributed by atoms with E-state index in [4.69, 9.17) is 0 Å². The number of nitrogens with zero attached hydrogens (tertiary/aromatic N) is 1. The molecule has 9 heavy (non-hydrogen) atoms. The number of nitrogens with one attached hydrogen (secondary N) is 2. The predicted octanol–water partition coefficient (Wildman–Crippen LogP) is 0.0636. The molecule has 0 aromatic heterocycles. The van der Waals surface area contributed by atoms with E-state index in [1.54, 1.807) is 0 Å². The van der Waals surface area contributed by atoms with Gasteiger partial charge in [-0.2, -0.15) is 5.10 Å². The van der Waals surface area contributed by atoms with Gasteiger partial charge in [0.25, 0.3) is 0 Å². The molecular formula is C5H9N3O. The monoisotopic (exact) mass is 127 g/mol. The summed E-state index contributed by atoms with van der Waals surface area (Å²) in [5.41, 5.74) is 3.20. The molecule has 0 bridgehead atoms. The fourth-order valence-electron chi connectivity index (χ4n) is 0.569. The van der Waals surface area contributed by atoms with Crippen molar-refractivity contribution in [1.29, 1.82) is 0 Å². The number of urea groups is 1. The van der Waals surface area contributed by atoms with Gasteiger partial charge in [-0.25, -0.2) is 10.2 Å². The van der Waals surface area contributed by atoms with Gasteiger partial charge in [-0.05, 0) is 13.8 Å². The number of hydrogen-bond acceptors (Lipinski definition) is 2. The largest absolute Gasteiger partial charge is 0.335 e. The summed E-state index contributed by atoms with van der Waals surface area (Å²) in [6.45, 7) is 3.74. The molecule has 1 heterocycles. The average molecular weight is 127 g/mol. The van der Waals surface area contributed by atoms with Crippen molar-refractivity contribution in [2.45, 2.75) is 19.9 Å². The summed E-state index contributed by atoms with van der Waals surface area (Å²) in [7, 11) is 0. The van der Waals surface area contributed by atoms with Gasteiger partial charge in [0.05, 0.1) is 11.8 Å². The molecule has 0 aliphatic carbocycles. The van der Waals surface area contributed by atoms with Crippen LogP contribution in [0, 0.1) is 0 Å². The van der Waals surface area contributed by atoms with Crippen molar-refractivity contribution in [2.75, 3.05) is 0 Å². The molecule has 1 aliphatic heterocycles. The lowest BCUT2D eigenvalue weighted by Gasteiger charge is -2.17. The Hall–Kier alpha value is -1.06. The number of amides is 2. The topological polar surface area (TPSA) is 53.5 Å². The lowest BCUT2D eigenvalue weighted by Crippen LogP contribution is -2.47. The zero-order chi connectivity index (χ0) is 6.85. The molecule has 1 atom stereocenters. The van der Waals surface area contributed by atoms with E-state index in [1.807, 2.05) is 13.8 Å². The minimum absolute atomic E-state index is 0.0683. The molecule has 0 aromatic rings. The lowest BCUT2D eigenvalue weighted by atomic mass is 10.2. The van der Waals surface area contributed by atoms with E-state index in [0.717, 1.165) is 5.71 Å². The van der Waals surface area contributed by atoms with Gasteiger partial charge in [0.15, 0.2) is 0 Å². The molecule has 1 aliphatic rings. The average Bonchev–Trinajstić information content (AvgIpc) is 1.80. The predicted molar refractivity (Wildman–Crippen MR) is 34.2 cm³/mol. The maximum atomic E-state index is 10.5. The summed E-state index contributed by atoms with van der Waals surface area (Å²) >= 11 is 0. The Morgan fingerprint density at radius 3 is 2.78 bits per heavy atom. The van der Waals surface area contributed by atoms with E-state index in [9.17, 15) is 4.79 Å². The third-order valence-corrected chi connectivity index (χ3v) is 1.31. The van der Waals surface area contributed by atoms with Crippen LogP contribution in [0.1, 0.15) is 13.8 Å². The minimum Gasteiger partial charge on any atom is -0.329 e. The summed E-state index contributed by atoms with van der Waals surface area (Å²) in [5, 5.41) is 6.39. The minimum atomic E-state index is -0.229.